The smallest absolute Gasteiger partial charge is 0.237 e. The summed E-state index contributed by atoms with van der Waals surface area (Å²) in [5, 5.41) is 9.48. The van der Waals surface area contributed by atoms with Crippen LogP contribution in [0.4, 0.5) is 5.69 Å². The quantitative estimate of drug-likeness (QED) is 0.568. The molecular weight excluding hydrogens is 200 g/mol. The molecule has 1 aromatic heterocycles. The van der Waals surface area contributed by atoms with Gasteiger partial charge in [0.1, 0.15) is 5.03 Å². The summed E-state index contributed by atoms with van der Waals surface area (Å²) in [6.45, 7) is 0.207. The number of rotatable bonds is 5. The number of thioether (sulfide) groups is 1. The van der Waals surface area contributed by atoms with Crippen LogP contribution in [0, 0.1) is 0 Å². The van der Waals surface area contributed by atoms with Gasteiger partial charge in [0.05, 0.1) is 12.8 Å². The van der Waals surface area contributed by atoms with Gasteiger partial charge < -0.3 is 15.6 Å². The number of aliphatic hydroxyl groups excluding tert-OH is 1. The van der Waals surface area contributed by atoms with Gasteiger partial charge in [0.25, 0.3) is 0 Å². The van der Waals surface area contributed by atoms with E-state index >= 15 is 0 Å². The van der Waals surface area contributed by atoms with Crippen LogP contribution in [-0.2, 0) is 0 Å². The van der Waals surface area contributed by atoms with Crippen molar-refractivity contribution in [2.45, 2.75) is 11.4 Å². The Kier molecular flexibility index (Phi) is 4.55. The molecule has 78 valence electrons. The Morgan fingerprint density at radius 3 is 3.00 bits per heavy atom. The van der Waals surface area contributed by atoms with Crippen LogP contribution in [0.3, 0.4) is 0 Å². The van der Waals surface area contributed by atoms with Gasteiger partial charge in [-0.2, -0.15) is 0 Å². The van der Waals surface area contributed by atoms with Gasteiger partial charge in [0.15, 0.2) is 0 Å². The van der Waals surface area contributed by atoms with Crippen LogP contribution in [0.5, 0.6) is 5.88 Å². The monoisotopic (exact) mass is 214 g/mol. The number of aliphatic hydroxyl groups is 1. The topological polar surface area (TPSA) is 68.4 Å². The Hall–Kier alpha value is -0.940. The fourth-order valence-corrected chi connectivity index (χ4v) is 1.71. The zero-order chi connectivity index (χ0) is 10.4. The molecule has 1 aromatic rings. The number of nitrogens with two attached hydrogens (primary N) is 1. The molecule has 0 saturated heterocycles. The molecule has 0 radical (unpaired) electrons. The molecule has 14 heavy (non-hydrogen) atoms. The minimum atomic E-state index is 0.207. The van der Waals surface area contributed by atoms with E-state index in [1.54, 1.807) is 24.9 Å². The summed E-state index contributed by atoms with van der Waals surface area (Å²) < 4.78 is 4.99. The minimum Gasteiger partial charge on any atom is -0.480 e. The molecule has 0 atom stereocenters. The average molecular weight is 214 g/mol. The van der Waals surface area contributed by atoms with Crippen molar-refractivity contribution in [3.63, 3.8) is 0 Å². The molecule has 3 N–H and O–H groups in total. The summed E-state index contributed by atoms with van der Waals surface area (Å²) in [6, 6.07) is 3.62. The van der Waals surface area contributed by atoms with Crippen molar-refractivity contribution in [3.8, 4) is 5.88 Å². The Morgan fingerprint density at radius 2 is 2.36 bits per heavy atom. The van der Waals surface area contributed by atoms with Crippen molar-refractivity contribution >= 4 is 17.4 Å². The van der Waals surface area contributed by atoms with Crippen molar-refractivity contribution in [2.75, 3.05) is 25.2 Å². The normalized spacial score (nSPS) is 10.1. The number of nitrogen functional groups attached to an aromatic ring is 1. The molecule has 0 aliphatic heterocycles. The highest BCUT2D eigenvalue weighted by atomic mass is 32.2. The molecule has 0 amide bonds. The van der Waals surface area contributed by atoms with Crippen LogP contribution in [-0.4, -0.2) is 29.6 Å². The highest BCUT2D eigenvalue weighted by molar-refractivity contribution is 7.99. The zero-order valence-electron chi connectivity index (χ0n) is 8.06. The number of ether oxygens (including phenoxy) is 1. The summed E-state index contributed by atoms with van der Waals surface area (Å²) in [7, 11) is 1.54. The molecule has 0 aliphatic carbocycles. The first-order valence-corrected chi connectivity index (χ1v) is 5.30. The van der Waals surface area contributed by atoms with E-state index < -0.39 is 0 Å². The lowest BCUT2D eigenvalue weighted by Crippen LogP contribution is -1.96. The molecule has 0 unspecified atom stereocenters. The predicted molar refractivity (Wildman–Crippen MR) is 57.6 cm³/mol. The predicted octanol–water partition coefficient (Wildman–Crippen LogP) is 1.15. The van der Waals surface area contributed by atoms with Crippen molar-refractivity contribution < 1.29 is 9.84 Å². The molecule has 0 bridgehead atoms. The number of nitrogens with zero attached hydrogens (tertiary/aromatic N) is 1. The van der Waals surface area contributed by atoms with Crippen LogP contribution >= 0.6 is 11.8 Å². The van der Waals surface area contributed by atoms with Gasteiger partial charge in [-0.05, 0) is 18.6 Å². The first-order valence-electron chi connectivity index (χ1n) is 4.32. The largest absolute Gasteiger partial charge is 0.480 e. The summed E-state index contributed by atoms with van der Waals surface area (Å²) in [5.74, 6) is 1.30. The van der Waals surface area contributed by atoms with Crippen molar-refractivity contribution in [1.29, 1.82) is 0 Å². The number of anilines is 1. The molecule has 5 heteroatoms. The van der Waals surface area contributed by atoms with E-state index in [1.807, 2.05) is 6.07 Å². The van der Waals surface area contributed by atoms with Gasteiger partial charge >= 0.3 is 0 Å². The summed E-state index contributed by atoms with van der Waals surface area (Å²) in [5.41, 5.74) is 6.16. The Bertz CT molecular complexity index is 294. The lowest BCUT2D eigenvalue weighted by molar-refractivity contribution is 0.296. The third kappa shape index (κ3) is 3.08. The van der Waals surface area contributed by atoms with E-state index in [9.17, 15) is 0 Å². The van der Waals surface area contributed by atoms with Crippen LogP contribution in [0.15, 0.2) is 17.2 Å². The Balaban J connectivity index is 2.60. The van der Waals surface area contributed by atoms with Crippen LogP contribution in [0.1, 0.15) is 6.42 Å². The second-order valence-corrected chi connectivity index (χ2v) is 3.79. The van der Waals surface area contributed by atoms with E-state index in [4.69, 9.17) is 15.6 Å². The Labute approximate surface area is 87.5 Å². The third-order valence-corrected chi connectivity index (χ3v) is 2.63. The second-order valence-electron chi connectivity index (χ2n) is 2.67. The highest BCUT2D eigenvalue weighted by Gasteiger charge is 2.02. The van der Waals surface area contributed by atoms with Crippen LogP contribution in [0.25, 0.3) is 0 Å². The van der Waals surface area contributed by atoms with E-state index in [-0.39, 0.29) is 6.61 Å². The lowest BCUT2D eigenvalue weighted by atomic mass is 10.4. The summed E-state index contributed by atoms with van der Waals surface area (Å²) in [6.07, 6.45) is 0.763. The van der Waals surface area contributed by atoms with Gasteiger partial charge in [-0.1, -0.05) is 0 Å². The highest BCUT2D eigenvalue weighted by Crippen LogP contribution is 2.23. The lowest BCUT2D eigenvalue weighted by Gasteiger charge is -2.05. The average Bonchev–Trinajstić information content (AvgIpc) is 2.21. The molecule has 0 spiro atoms. The van der Waals surface area contributed by atoms with E-state index in [0.29, 0.717) is 11.6 Å². The van der Waals surface area contributed by atoms with Crippen molar-refractivity contribution in [3.05, 3.63) is 12.1 Å². The molecule has 0 saturated carbocycles. The van der Waals surface area contributed by atoms with Crippen LogP contribution < -0.4 is 10.5 Å². The van der Waals surface area contributed by atoms with Crippen molar-refractivity contribution in [1.82, 2.24) is 4.98 Å². The van der Waals surface area contributed by atoms with E-state index in [2.05, 4.69) is 4.98 Å². The van der Waals surface area contributed by atoms with E-state index in [0.717, 1.165) is 17.2 Å². The number of pyridine rings is 1. The molecule has 4 nitrogen and oxygen atoms in total. The fraction of sp³-hybridized carbons (Fsp3) is 0.444. The summed E-state index contributed by atoms with van der Waals surface area (Å²) >= 11 is 1.58. The van der Waals surface area contributed by atoms with Gasteiger partial charge in [-0.3, -0.25) is 0 Å². The molecule has 1 rings (SSSR count). The van der Waals surface area contributed by atoms with Crippen LogP contribution in [0.2, 0.25) is 0 Å². The standard InChI is InChI=1S/C9H14N2O2S/c1-13-9-7(10)3-4-8(11-9)14-6-2-5-12/h3-4,12H,2,5-6,10H2,1H3. The van der Waals surface area contributed by atoms with Gasteiger partial charge in [-0.15, -0.1) is 11.8 Å². The molecular formula is C9H14N2O2S. The van der Waals surface area contributed by atoms with Gasteiger partial charge in [0, 0.05) is 12.4 Å². The SMILES string of the molecule is COc1nc(SCCCO)ccc1N. The first kappa shape index (κ1) is 11.1. The number of hydrogen-bond acceptors (Lipinski definition) is 5. The third-order valence-electron chi connectivity index (χ3n) is 1.61. The number of aromatic nitrogens is 1. The maximum atomic E-state index is 8.61. The maximum Gasteiger partial charge on any atom is 0.237 e. The Morgan fingerprint density at radius 1 is 1.57 bits per heavy atom. The summed E-state index contributed by atoms with van der Waals surface area (Å²) in [4.78, 5) is 4.20. The van der Waals surface area contributed by atoms with Gasteiger partial charge in [-0.25, -0.2) is 4.98 Å². The molecule has 0 aliphatic rings. The maximum absolute atomic E-state index is 8.61. The van der Waals surface area contributed by atoms with Gasteiger partial charge in [0.2, 0.25) is 5.88 Å². The number of methoxy groups -OCH3 is 1. The molecule has 0 fully saturated rings. The zero-order valence-corrected chi connectivity index (χ0v) is 8.88. The fourth-order valence-electron chi connectivity index (χ4n) is 0.919. The number of hydrogen-bond donors (Lipinski definition) is 2. The second kappa shape index (κ2) is 5.72. The molecule has 0 aromatic carbocycles. The first-order chi connectivity index (χ1) is 6.77. The molecule has 1 heterocycles. The van der Waals surface area contributed by atoms with E-state index in [1.165, 1.54) is 0 Å². The minimum absolute atomic E-state index is 0.207. The van der Waals surface area contributed by atoms with Crippen molar-refractivity contribution in [2.24, 2.45) is 0 Å².